The van der Waals surface area contributed by atoms with Crippen LogP contribution in [0.25, 0.3) is 0 Å². The predicted molar refractivity (Wildman–Crippen MR) is 74.4 cm³/mol. The molecule has 0 spiro atoms. The third-order valence-corrected chi connectivity index (χ3v) is 3.78. The van der Waals surface area contributed by atoms with Crippen LogP contribution in [0.3, 0.4) is 0 Å². The normalized spacial score (nSPS) is 17.8. The Morgan fingerprint density at radius 1 is 1.28 bits per heavy atom. The van der Waals surface area contributed by atoms with E-state index in [-0.39, 0.29) is 11.9 Å². The van der Waals surface area contributed by atoms with Gasteiger partial charge in [-0.15, -0.1) is 0 Å². The standard InChI is InChI=1S/C15H23FN2/c1-2-12(17)11-13-14(16)7-6-8-15(13)18-9-4-3-5-10-18/h6-8,12H,2-5,9-11,17H2,1H3. The molecule has 1 aromatic rings. The summed E-state index contributed by atoms with van der Waals surface area (Å²) in [5, 5.41) is 0. The minimum absolute atomic E-state index is 0.0467. The van der Waals surface area contributed by atoms with E-state index in [1.54, 1.807) is 12.1 Å². The first kappa shape index (κ1) is 13.3. The van der Waals surface area contributed by atoms with E-state index >= 15 is 0 Å². The van der Waals surface area contributed by atoms with Crippen LogP contribution in [0.5, 0.6) is 0 Å². The highest BCUT2D eigenvalue weighted by molar-refractivity contribution is 5.54. The molecule has 1 saturated heterocycles. The molecule has 1 fully saturated rings. The minimum atomic E-state index is -0.109. The van der Waals surface area contributed by atoms with Gasteiger partial charge in [0.2, 0.25) is 0 Å². The van der Waals surface area contributed by atoms with Crippen LogP contribution in [0, 0.1) is 5.82 Å². The number of hydrogen-bond acceptors (Lipinski definition) is 2. The SMILES string of the molecule is CCC(N)Cc1c(F)cccc1N1CCCCC1. The molecule has 0 radical (unpaired) electrons. The maximum absolute atomic E-state index is 14.0. The Bertz CT molecular complexity index is 386. The van der Waals surface area contributed by atoms with Gasteiger partial charge in [-0.05, 0) is 44.2 Å². The lowest BCUT2D eigenvalue weighted by Crippen LogP contribution is -2.31. The van der Waals surface area contributed by atoms with E-state index in [2.05, 4.69) is 4.90 Å². The van der Waals surface area contributed by atoms with Crippen LogP contribution in [-0.4, -0.2) is 19.1 Å². The molecule has 3 heteroatoms. The molecule has 100 valence electrons. The third-order valence-electron chi connectivity index (χ3n) is 3.78. The monoisotopic (exact) mass is 250 g/mol. The zero-order chi connectivity index (χ0) is 13.0. The summed E-state index contributed by atoms with van der Waals surface area (Å²) < 4.78 is 14.0. The number of halogens is 1. The first-order chi connectivity index (χ1) is 8.72. The minimum Gasteiger partial charge on any atom is -0.371 e. The molecular formula is C15H23FN2. The molecule has 2 rings (SSSR count). The maximum atomic E-state index is 14.0. The molecule has 1 atom stereocenters. The quantitative estimate of drug-likeness (QED) is 0.889. The first-order valence-corrected chi connectivity index (χ1v) is 7.00. The smallest absolute Gasteiger partial charge is 0.128 e. The molecule has 1 heterocycles. The highest BCUT2D eigenvalue weighted by Gasteiger charge is 2.18. The van der Waals surface area contributed by atoms with Crippen molar-refractivity contribution in [2.75, 3.05) is 18.0 Å². The summed E-state index contributed by atoms with van der Waals surface area (Å²) in [7, 11) is 0. The molecule has 1 aliphatic rings. The van der Waals surface area contributed by atoms with Crippen molar-refractivity contribution >= 4 is 5.69 Å². The van der Waals surface area contributed by atoms with E-state index in [0.29, 0.717) is 6.42 Å². The lowest BCUT2D eigenvalue weighted by Gasteiger charge is -2.31. The maximum Gasteiger partial charge on any atom is 0.128 e. The van der Waals surface area contributed by atoms with Gasteiger partial charge in [0.1, 0.15) is 5.82 Å². The largest absolute Gasteiger partial charge is 0.371 e. The van der Waals surface area contributed by atoms with E-state index in [4.69, 9.17) is 5.73 Å². The summed E-state index contributed by atoms with van der Waals surface area (Å²) in [5.41, 5.74) is 7.84. The van der Waals surface area contributed by atoms with E-state index in [9.17, 15) is 4.39 Å². The fourth-order valence-electron chi connectivity index (χ4n) is 2.59. The third kappa shape index (κ3) is 3.02. The molecule has 1 aliphatic heterocycles. The van der Waals surface area contributed by atoms with Gasteiger partial charge < -0.3 is 10.6 Å². The fourth-order valence-corrected chi connectivity index (χ4v) is 2.59. The van der Waals surface area contributed by atoms with Gasteiger partial charge in [0.15, 0.2) is 0 Å². The molecule has 2 nitrogen and oxygen atoms in total. The average molecular weight is 250 g/mol. The van der Waals surface area contributed by atoms with Crippen LogP contribution in [0.1, 0.15) is 38.2 Å². The number of rotatable bonds is 4. The van der Waals surface area contributed by atoms with Crippen LogP contribution >= 0.6 is 0 Å². The number of hydrogen-bond donors (Lipinski definition) is 1. The zero-order valence-electron chi connectivity index (χ0n) is 11.2. The van der Waals surface area contributed by atoms with Gasteiger partial charge in [0, 0.05) is 30.4 Å². The fraction of sp³-hybridized carbons (Fsp3) is 0.600. The Hall–Kier alpha value is -1.09. The Morgan fingerprint density at radius 3 is 2.67 bits per heavy atom. The Kier molecular flexibility index (Phi) is 4.59. The van der Waals surface area contributed by atoms with Crippen molar-refractivity contribution in [1.29, 1.82) is 0 Å². The molecule has 0 saturated carbocycles. The van der Waals surface area contributed by atoms with Crippen LogP contribution in [0.2, 0.25) is 0 Å². The van der Waals surface area contributed by atoms with Crippen molar-refractivity contribution in [2.24, 2.45) is 5.73 Å². The van der Waals surface area contributed by atoms with E-state index in [1.807, 2.05) is 13.0 Å². The van der Waals surface area contributed by atoms with Gasteiger partial charge in [-0.2, -0.15) is 0 Å². The summed E-state index contributed by atoms with van der Waals surface area (Å²) in [5.74, 6) is -0.109. The van der Waals surface area contributed by atoms with Gasteiger partial charge in [-0.3, -0.25) is 0 Å². The summed E-state index contributed by atoms with van der Waals surface area (Å²) >= 11 is 0. The van der Waals surface area contributed by atoms with Crippen molar-refractivity contribution in [3.8, 4) is 0 Å². The van der Waals surface area contributed by atoms with Crippen LogP contribution in [0.15, 0.2) is 18.2 Å². The lowest BCUT2D eigenvalue weighted by molar-refractivity contribution is 0.556. The van der Waals surface area contributed by atoms with Gasteiger partial charge in [0.25, 0.3) is 0 Å². The predicted octanol–water partition coefficient (Wildman–Crippen LogP) is 3.10. The van der Waals surface area contributed by atoms with E-state index in [0.717, 1.165) is 30.8 Å². The summed E-state index contributed by atoms with van der Waals surface area (Å²) in [4.78, 5) is 2.31. The summed E-state index contributed by atoms with van der Waals surface area (Å²) in [6, 6.07) is 5.43. The summed E-state index contributed by atoms with van der Waals surface area (Å²) in [6.45, 7) is 4.13. The second-order valence-corrected chi connectivity index (χ2v) is 5.16. The van der Waals surface area contributed by atoms with Crippen LogP contribution in [-0.2, 0) is 6.42 Å². The molecule has 1 unspecified atom stereocenters. The van der Waals surface area contributed by atoms with Gasteiger partial charge >= 0.3 is 0 Å². The molecular weight excluding hydrogens is 227 g/mol. The molecule has 2 N–H and O–H groups in total. The number of nitrogens with zero attached hydrogens (tertiary/aromatic N) is 1. The van der Waals surface area contributed by atoms with Gasteiger partial charge in [-0.1, -0.05) is 13.0 Å². The topological polar surface area (TPSA) is 29.3 Å². The molecule has 0 amide bonds. The highest BCUT2D eigenvalue weighted by atomic mass is 19.1. The second kappa shape index (κ2) is 6.19. The van der Waals surface area contributed by atoms with Gasteiger partial charge in [-0.25, -0.2) is 4.39 Å². The Morgan fingerprint density at radius 2 is 2.00 bits per heavy atom. The highest BCUT2D eigenvalue weighted by Crippen LogP contribution is 2.27. The van der Waals surface area contributed by atoms with Crippen molar-refractivity contribution in [3.63, 3.8) is 0 Å². The lowest BCUT2D eigenvalue weighted by atomic mass is 10.00. The molecule has 0 aromatic heterocycles. The number of piperidine rings is 1. The number of anilines is 1. The summed E-state index contributed by atoms with van der Waals surface area (Å²) in [6.07, 6.45) is 5.21. The van der Waals surface area contributed by atoms with Gasteiger partial charge in [0.05, 0.1) is 0 Å². The Balaban J connectivity index is 2.24. The van der Waals surface area contributed by atoms with Crippen LogP contribution < -0.4 is 10.6 Å². The van der Waals surface area contributed by atoms with E-state index < -0.39 is 0 Å². The average Bonchev–Trinajstić information content (AvgIpc) is 2.42. The molecule has 18 heavy (non-hydrogen) atoms. The molecule has 0 aliphatic carbocycles. The van der Waals surface area contributed by atoms with Crippen molar-refractivity contribution in [2.45, 2.75) is 45.1 Å². The molecule has 1 aromatic carbocycles. The number of benzene rings is 1. The number of nitrogens with two attached hydrogens (primary N) is 1. The van der Waals surface area contributed by atoms with Crippen molar-refractivity contribution in [3.05, 3.63) is 29.6 Å². The molecule has 0 bridgehead atoms. The first-order valence-electron chi connectivity index (χ1n) is 7.00. The van der Waals surface area contributed by atoms with Crippen LogP contribution in [0.4, 0.5) is 10.1 Å². The Labute approximate surface area is 109 Å². The van der Waals surface area contributed by atoms with Crippen molar-refractivity contribution in [1.82, 2.24) is 0 Å². The van der Waals surface area contributed by atoms with Crippen molar-refractivity contribution < 1.29 is 4.39 Å². The second-order valence-electron chi connectivity index (χ2n) is 5.16. The zero-order valence-corrected chi connectivity index (χ0v) is 11.2. The van der Waals surface area contributed by atoms with E-state index in [1.165, 1.54) is 19.3 Å².